The van der Waals surface area contributed by atoms with Crippen LogP contribution < -0.4 is 15.4 Å². The summed E-state index contributed by atoms with van der Waals surface area (Å²) in [6.45, 7) is 1.85. The third-order valence-corrected chi connectivity index (χ3v) is 3.34. The molecule has 4 heteroatoms. The van der Waals surface area contributed by atoms with E-state index in [2.05, 4.69) is 0 Å². The summed E-state index contributed by atoms with van der Waals surface area (Å²) in [4.78, 5) is 1.96. The average molecular weight is 272 g/mol. The monoisotopic (exact) mass is 272 g/mol. The largest absolute Gasteiger partial charge is 0.508 e. The standard InChI is InChI=1S/C16H20N2O2/c1-11(17)13-9-8-12(10-15(13)19)18(2)14-6-4-5-7-16(14)20-3/h4-11,19H,17H2,1-3H3. The first-order valence-electron chi connectivity index (χ1n) is 6.50. The predicted octanol–water partition coefficient (Wildman–Crippen LogP) is 3.19. The van der Waals surface area contributed by atoms with Crippen LogP contribution in [-0.2, 0) is 0 Å². The van der Waals surface area contributed by atoms with Gasteiger partial charge in [0.2, 0.25) is 0 Å². The number of benzene rings is 2. The fraction of sp³-hybridized carbons (Fsp3) is 0.250. The highest BCUT2D eigenvalue weighted by Crippen LogP contribution is 2.35. The molecular formula is C16H20N2O2. The Balaban J connectivity index is 2.38. The summed E-state index contributed by atoms with van der Waals surface area (Å²) in [5, 5.41) is 10.0. The van der Waals surface area contributed by atoms with E-state index in [0.717, 1.165) is 22.7 Å². The smallest absolute Gasteiger partial charge is 0.142 e. The Kier molecular flexibility index (Phi) is 4.15. The number of ether oxygens (including phenoxy) is 1. The molecule has 1 atom stereocenters. The number of nitrogens with zero attached hydrogens (tertiary/aromatic N) is 1. The SMILES string of the molecule is COc1ccccc1N(C)c1ccc(C(C)N)c(O)c1. The van der Waals surface area contributed by atoms with Crippen LogP contribution in [0.1, 0.15) is 18.5 Å². The van der Waals surface area contributed by atoms with E-state index >= 15 is 0 Å². The van der Waals surface area contributed by atoms with Crippen LogP contribution in [-0.4, -0.2) is 19.3 Å². The maximum atomic E-state index is 10.0. The number of hydrogen-bond donors (Lipinski definition) is 2. The minimum absolute atomic E-state index is 0.194. The Labute approximate surface area is 119 Å². The van der Waals surface area contributed by atoms with Crippen molar-refractivity contribution in [2.45, 2.75) is 13.0 Å². The molecule has 0 fully saturated rings. The molecule has 2 aromatic carbocycles. The van der Waals surface area contributed by atoms with Crippen LogP contribution in [0.15, 0.2) is 42.5 Å². The van der Waals surface area contributed by atoms with E-state index in [1.165, 1.54) is 0 Å². The highest BCUT2D eigenvalue weighted by Gasteiger charge is 2.12. The van der Waals surface area contributed by atoms with Crippen LogP contribution in [0.2, 0.25) is 0 Å². The van der Waals surface area contributed by atoms with Crippen molar-refractivity contribution in [3.63, 3.8) is 0 Å². The molecule has 0 radical (unpaired) electrons. The predicted molar refractivity (Wildman–Crippen MR) is 81.8 cm³/mol. The number of methoxy groups -OCH3 is 1. The molecule has 0 aliphatic heterocycles. The van der Waals surface area contributed by atoms with Gasteiger partial charge in [0.05, 0.1) is 12.8 Å². The molecule has 20 heavy (non-hydrogen) atoms. The second kappa shape index (κ2) is 5.84. The molecule has 2 aromatic rings. The quantitative estimate of drug-likeness (QED) is 0.897. The Morgan fingerprint density at radius 2 is 1.90 bits per heavy atom. The van der Waals surface area contributed by atoms with Crippen LogP contribution in [0.4, 0.5) is 11.4 Å². The van der Waals surface area contributed by atoms with Gasteiger partial charge in [0.15, 0.2) is 0 Å². The van der Waals surface area contributed by atoms with Crippen molar-refractivity contribution in [1.82, 2.24) is 0 Å². The van der Waals surface area contributed by atoms with Gasteiger partial charge >= 0.3 is 0 Å². The van der Waals surface area contributed by atoms with E-state index in [4.69, 9.17) is 10.5 Å². The van der Waals surface area contributed by atoms with Crippen molar-refractivity contribution in [1.29, 1.82) is 0 Å². The highest BCUT2D eigenvalue weighted by atomic mass is 16.5. The number of phenolic OH excluding ortho intramolecular Hbond substituents is 1. The van der Waals surface area contributed by atoms with E-state index in [1.54, 1.807) is 13.2 Å². The number of nitrogens with two attached hydrogens (primary N) is 1. The van der Waals surface area contributed by atoms with Crippen molar-refractivity contribution in [2.24, 2.45) is 5.73 Å². The fourth-order valence-electron chi connectivity index (χ4n) is 2.17. The van der Waals surface area contributed by atoms with E-state index in [-0.39, 0.29) is 11.8 Å². The Hall–Kier alpha value is -2.20. The van der Waals surface area contributed by atoms with Gasteiger partial charge in [-0.1, -0.05) is 18.2 Å². The van der Waals surface area contributed by atoms with Crippen molar-refractivity contribution < 1.29 is 9.84 Å². The lowest BCUT2D eigenvalue weighted by Gasteiger charge is -2.22. The van der Waals surface area contributed by atoms with Crippen LogP contribution >= 0.6 is 0 Å². The van der Waals surface area contributed by atoms with Crippen molar-refractivity contribution in [3.8, 4) is 11.5 Å². The van der Waals surface area contributed by atoms with Gasteiger partial charge < -0.3 is 20.5 Å². The topological polar surface area (TPSA) is 58.7 Å². The van der Waals surface area contributed by atoms with E-state index < -0.39 is 0 Å². The first kappa shape index (κ1) is 14.2. The van der Waals surface area contributed by atoms with E-state index in [9.17, 15) is 5.11 Å². The van der Waals surface area contributed by atoms with E-state index in [1.807, 2.05) is 55.3 Å². The fourth-order valence-corrected chi connectivity index (χ4v) is 2.17. The molecule has 0 aromatic heterocycles. The molecule has 0 aliphatic carbocycles. The van der Waals surface area contributed by atoms with Gasteiger partial charge in [0, 0.05) is 30.4 Å². The van der Waals surface area contributed by atoms with Gasteiger partial charge in [-0.2, -0.15) is 0 Å². The molecular weight excluding hydrogens is 252 g/mol. The van der Waals surface area contributed by atoms with Gasteiger partial charge in [0.25, 0.3) is 0 Å². The summed E-state index contributed by atoms with van der Waals surface area (Å²) in [7, 11) is 3.57. The van der Waals surface area contributed by atoms with Crippen LogP contribution in [0.25, 0.3) is 0 Å². The number of rotatable bonds is 4. The normalized spacial score (nSPS) is 12.0. The summed E-state index contributed by atoms with van der Waals surface area (Å²) in [6.07, 6.45) is 0. The molecule has 0 amide bonds. The minimum atomic E-state index is -0.194. The first-order chi connectivity index (χ1) is 9.54. The third kappa shape index (κ3) is 2.70. The summed E-state index contributed by atoms with van der Waals surface area (Å²) in [6, 6.07) is 13.0. The Bertz CT molecular complexity index is 597. The average Bonchev–Trinajstić information content (AvgIpc) is 2.45. The second-order valence-electron chi connectivity index (χ2n) is 4.76. The molecule has 1 unspecified atom stereocenters. The molecule has 4 nitrogen and oxygen atoms in total. The van der Waals surface area contributed by atoms with Crippen molar-refractivity contribution >= 4 is 11.4 Å². The van der Waals surface area contributed by atoms with E-state index in [0.29, 0.717) is 0 Å². The van der Waals surface area contributed by atoms with Crippen LogP contribution in [0, 0.1) is 0 Å². The number of phenols is 1. The summed E-state index contributed by atoms with van der Waals surface area (Å²) in [5.41, 5.74) is 8.35. The molecule has 0 heterocycles. The molecule has 0 aliphatic rings. The summed E-state index contributed by atoms with van der Waals surface area (Å²) >= 11 is 0. The number of anilines is 2. The van der Waals surface area contributed by atoms with Crippen LogP contribution in [0.3, 0.4) is 0 Å². The second-order valence-corrected chi connectivity index (χ2v) is 4.76. The lowest BCUT2D eigenvalue weighted by Crippen LogP contribution is -2.11. The number of para-hydroxylation sites is 2. The Morgan fingerprint density at radius 3 is 2.50 bits per heavy atom. The maximum absolute atomic E-state index is 10.0. The van der Waals surface area contributed by atoms with Crippen molar-refractivity contribution in [2.75, 3.05) is 19.1 Å². The molecule has 0 spiro atoms. The highest BCUT2D eigenvalue weighted by molar-refractivity contribution is 5.69. The van der Waals surface area contributed by atoms with Gasteiger partial charge in [0.1, 0.15) is 11.5 Å². The zero-order valence-corrected chi connectivity index (χ0v) is 12.0. The molecule has 0 saturated carbocycles. The zero-order chi connectivity index (χ0) is 14.7. The van der Waals surface area contributed by atoms with Gasteiger partial charge in [-0.3, -0.25) is 0 Å². The molecule has 106 valence electrons. The number of aromatic hydroxyl groups is 1. The summed E-state index contributed by atoms with van der Waals surface area (Å²) in [5.74, 6) is 0.991. The van der Waals surface area contributed by atoms with Gasteiger partial charge in [-0.25, -0.2) is 0 Å². The Morgan fingerprint density at radius 1 is 1.20 bits per heavy atom. The minimum Gasteiger partial charge on any atom is -0.508 e. The maximum Gasteiger partial charge on any atom is 0.142 e. The molecule has 0 saturated heterocycles. The molecule has 2 rings (SSSR count). The zero-order valence-electron chi connectivity index (χ0n) is 12.0. The van der Waals surface area contributed by atoms with Crippen molar-refractivity contribution in [3.05, 3.63) is 48.0 Å². The lowest BCUT2D eigenvalue weighted by molar-refractivity contribution is 0.415. The van der Waals surface area contributed by atoms with Crippen LogP contribution in [0.5, 0.6) is 11.5 Å². The van der Waals surface area contributed by atoms with Gasteiger partial charge in [-0.05, 0) is 25.1 Å². The first-order valence-corrected chi connectivity index (χ1v) is 6.50. The lowest BCUT2D eigenvalue weighted by atomic mass is 10.1. The van der Waals surface area contributed by atoms with Gasteiger partial charge in [-0.15, -0.1) is 0 Å². The molecule has 0 bridgehead atoms. The molecule has 3 N–H and O–H groups in total. The third-order valence-electron chi connectivity index (χ3n) is 3.34. The number of hydrogen-bond acceptors (Lipinski definition) is 4. The summed E-state index contributed by atoms with van der Waals surface area (Å²) < 4.78 is 5.36.